The van der Waals surface area contributed by atoms with Crippen molar-refractivity contribution in [2.45, 2.75) is 26.2 Å². The van der Waals surface area contributed by atoms with E-state index < -0.39 is 0 Å². The predicted octanol–water partition coefficient (Wildman–Crippen LogP) is 1.51. The van der Waals surface area contributed by atoms with Crippen LogP contribution in [0.3, 0.4) is 0 Å². The fraction of sp³-hybridized carbons (Fsp3) is 0.667. The first-order valence-corrected chi connectivity index (χ1v) is 4.39. The van der Waals surface area contributed by atoms with Crippen molar-refractivity contribution < 1.29 is 9.63 Å². The summed E-state index contributed by atoms with van der Waals surface area (Å²) in [6.45, 7) is 7.24. The maximum absolute atomic E-state index is 11.2. The zero-order valence-electron chi connectivity index (χ0n) is 7.51. The monoisotopic (exact) mass is 169 g/mol. The van der Waals surface area contributed by atoms with E-state index in [9.17, 15) is 4.79 Å². The standard InChI is InChI=1S/C9H15NO2/c1-3-8(2)9(11)12-10-6-4-5-7-10/h2-7H2,1H3. The number of hydroxylamine groups is 2. The third kappa shape index (κ3) is 2.34. The Morgan fingerprint density at radius 2 is 2.08 bits per heavy atom. The van der Waals surface area contributed by atoms with Gasteiger partial charge in [0.1, 0.15) is 0 Å². The van der Waals surface area contributed by atoms with E-state index in [2.05, 4.69) is 6.58 Å². The van der Waals surface area contributed by atoms with Gasteiger partial charge in [0.2, 0.25) is 0 Å². The van der Waals surface area contributed by atoms with Crippen LogP contribution in [-0.2, 0) is 9.63 Å². The molecule has 3 nitrogen and oxygen atoms in total. The summed E-state index contributed by atoms with van der Waals surface area (Å²) in [5.74, 6) is -0.278. The summed E-state index contributed by atoms with van der Waals surface area (Å²) in [4.78, 5) is 16.2. The largest absolute Gasteiger partial charge is 0.364 e. The molecule has 0 spiro atoms. The van der Waals surface area contributed by atoms with E-state index in [1.807, 2.05) is 6.92 Å². The molecule has 0 aromatic heterocycles. The number of hydrogen-bond donors (Lipinski definition) is 0. The molecule has 0 aliphatic carbocycles. The van der Waals surface area contributed by atoms with E-state index in [1.54, 1.807) is 5.06 Å². The minimum Gasteiger partial charge on any atom is -0.364 e. The third-order valence-electron chi connectivity index (χ3n) is 1.99. The first kappa shape index (κ1) is 9.26. The van der Waals surface area contributed by atoms with E-state index in [0.29, 0.717) is 12.0 Å². The lowest BCUT2D eigenvalue weighted by atomic mass is 10.2. The fourth-order valence-corrected chi connectivity index (χ4v) is 1.11. The Morgan fingerprint density at radius 1 is 1.50 bits per heavy atom. The molecule has 3 heteroatoms. The summed E-state index contributed by atoms with van der Waals surface area (Å²) in [5, 5.41) is 1.71. The second-order valence-electron chi connectivity index (χ2n) is 2.97. The third-order valence-corrected chi connectivity index (χ3v) is 1.99. The molecule has 1 aliphatic rings. The zero-order valence-corrected chi connectivity index (χ0v) is 7.51. The van der Waals surface area contributed by atoms with Gasteiger partial charge >= 0.3 is 5.97 Å². The molecule has 1 fully saturated rings. The highest BCUT2D eigenvalue weighted by atomic mass is 16.7. The molecule has 1 heterocycles. The summed E-state index contributed by atoms with van der Waals surface area (Å²) >= 11 is 0. The Morgan fingerprint density at radius 3 is 2.58 bits per heavy atom. The summed E-state index contributed by atoms with van der Waals surface area (Å²) in [6, 6.07) is 0. The van der Waals surface area contributed by atoms with Crippen LogP contribution in [0.5, 0.6) is 0 Å². The Hall–Kier alpha value is -0.830. The number of nitrogens with zero attached hydrogens (tertiary/aromatic N) is 1. The Bertz CT molecular complexity index is 183. The lowest BCUT2D eigenvalue weighted by molar-refractivity contribution is -0.180. The van der Waals surface area contributed by atoms with Gasteiger partial charge in [-0.1, -0.05) is 13.5 Å². The van der Waals surface area contributed by atoms with Crippen molar-refractivity contribution in [3.63, 3.8) is 0 Å². The van der Waals surface area contributed by atoms with Gasteiger partial charge in [-0.2, -0.15) is 0 Å². The lowest BCUT2D eigenvalue weighted by Crippen LogP contribution is -2.24. The second-order valence-corrected chi connectivity index (χ2v) is 2.97. The van der Waals surface area contributed by atoms with Crippen LogP contribution in [0.4, 0.5) is 0 Å². The van der Waals surface area contributed by atoms with Gasteiger partial charge in [-0.25, -0.2) is 4.79 Å². The van der Waals surface area contributed by atoms with E-state index in [0.717, 1.165) is 25.9 Å². The Balaban J connectivity index is 2.29. The molecular formula is C9H15NO2. The van der Waals surface area contributed by atoms with E-state index >= 15 is 0 Å². The molecule has 12 heavy (non-hydrogen) atoms. The van der Waals surface area contributed by atoms with Gasteiger partial charge in [0.15, 0.2) is 0 Å². The molecule has 0 atom stereocenters. The first-order valence-electron chi connectivity index (χ1n) is 4.39. The van der Waals surface area contributed by atoms with Crippen LogP contribution in [0.15, 0.2) is 12.2 Å². The van der Waals surface area contributed by atoms with E-state index in [4.69, 9.17) is 4.84 Å². The summed E-state index contributed by atoms with van der Waals surface area (Å²) < 4.78 is 0. The number of carbonyl (C=O) groups excluding carboxylic acids is 1. The molecule has 0 radical (unpaired) electrons. The highest BCUT2D eigenvalue weighted by Gasteiger charge is 2.17. The van der Waals surface area contributed by atoms with Crippen molar-refractivity contribution >= 4 is 5.97 Å². The van der Waals surface area contributed by atoms with Crippen LogP contribution in [0.1, 0.15) is 26.2 Å². The molecular weight excluding hydrogens is 154 g/mol. The maximum Gasteiger partial charge on any atom is 0.352 e. The smallest absolute Gasteiger partial charge is 0.352 e. The van der Waals surface area contributed by atoms with E-state index in [-0.39, 0.29) is 5.97 Å². The molecule has 0 aromatic carbocycles. The zero-order chi connectivity index (χ0) is 8.97. The first-order chi connectivity index (χ1) is 5.74. The molecule has 0 bridgehead atoms. The van der Waals surface area contributed by atoms with Crippen LogP contribution in [0.2, 0.25) is 0 Å². The molecule has 1 saturated heterocycles. The summed E-state index contributed by atoms with van der Waals surface area (Å²) in [6.07, 6.45) is 2.89. The van der Waals surface area contributed by atoms with Crippen LogP contribution in [0, 0.1) is 0 Å². The summed E-state index contributed by atoms with van der Waals surface area (Å²) in [5.41, 5.74) is 0.543. The minimum absolute atomic E-state index is 0.278. The Labute approximate surface area is 73.0 Å². The average molecular weight is 169 g/mol. The molecule has 68 valence electrons. The highest BCUT2D eigenvalue weighted by molar-refractivity contribution is 5.87. The van der Waals surface area contributed by atoms with E-state index in [1.165, 1.54) is 0 Å². The second kappa shape index (κ2) is 4.26. The van der Waals surface area contributed by atoms with Gasteiger partial charge < -0.3 is 4.84 Å². The molecule has 1 rings (SSSR count). The molecule has 1 aliphatic heterocycles. The molecule has 0 unspecified atom stereocenters. The fourth-order valence-electron chi connectivity index (χ4n) is 1.11. The van der Waals surface area contributed by atoms with Crippen molar-refractivity contribution in [1.82, 2.24) is 5.06 Å². The van der Waals surface area contributed by atoms with Crippen molar-refractivity contribution in [3.8, 4) is 0 Å². The van der Waals surface area contributed by atoms with Crippen molar-refractivity contribution in [2.24, 2.45) is 0 Å². The van der Waals surface area contributed by atoms with Gasteiger partial charge in [0.05, 0.1) is 0 Å². The average Bonchev–Trinajstić information content (AvgIpc) is 2.55. The lowest BCUT2D eigenvalue weighted by Gasteiger charge is -2.14. The SMILES string of the molecule is C=C(CC)C(=O)ON1CCCC1. The molecule has 0 N–H and O–H groups in total. The normalized spacial score (nSPS) is 17.8. The van der Waals surface area contributed by atoms with Gasteiger partial charge in [0.25, 0.3) is 0 Å². The quantitative estimate of drug-likeness (QED) is 0.600. The van der Waals surface area contributed by atoms with Crippen LogP contribution < -0.4 is 0 Å². The van der Waals surface area contributed by atoms with Gasteiger partial charge in [-0.15, -0.1) is 5.06 Å². The van der Waals surface area contributed by atoms with Gasteiger partial charge in [-0.05, 0) is 19.3 Å². The summed E-state index contributed by atoms with van der Waals surface area (Å²) in [7, 11) is 0. The van der Waals surface area contributed by atoms with Gasteiger partial charge in [-0.3, -0.25) is 0 Å². The highest BCUT2D eigenvalue weighted by Crippen LogP contribution is 2.10. The number of carbonyl (C=O) groups is 1. The van der Waals surface area contributed by atoms with Crippen molar-refractivity contribution in [1.29, 1.82) is 0 Å². The Kier molecular flexibility index (Phi) is 3.29. The van der Waals surface area contributed by atoms with Crippen LogP contribution >= 0.6 is 0 Å². The number of rotatable bonds is 3. The molecule has 0 aromatic rings. The number of hydrogen-bond acceptors (Lipinski definition) is 3. The van der Waals surface area contributed by atoms with Crippen molar-refractivity contribution in [3.05, 3.63) is 12.2 Å². The van der Waals surface area contributed by atoms with Crippen LogP contribution in [0.25, 0.3) is 0 Å². The van der Waals surface area contributed by atoms with Crippen molar-refractivity contribution in [2.75, 3.05) is 13.1 Å². The maximum atomic E-state index is 11.2. The minimum atomic E-state index is -0.278. The topological polar surface area (TPSA) is 29.5 Å². The predicted molar refractivity (Wildman–Crippen MR) is 46.3 cm³/mol. The van der Waals surface area contributed by atoms with Gasteiger partial charge in [0, 0.05) is 18.7 Å². The molecule has 0 saturated carbocycles. The molecule has 0 amide bonds. The van der Waals surface area contributed by atoms with Crippen LogP contribution in [-0.4, -0.2) is 24.1 Å².